The van der Waals surface area contributed by atoms with Crippen LogP contribution in [0.15, 0.2) is 0 Å². The number of nitrogens with two attached hydrogens (primary N) is 1. The average Bonchev–Trinajstić information content (AvgIpc) is 2.29. The number of aliphatic hydroxyl groups is 1. The number of amides is 1. The molecule has 5 nitrogen and oxygen atoms in total. The summed E-state index contributed by atoms with van der Waals surface area (Å²) in [6, 6.07) is 0. The molecule has 0 bridgehead atoms. The van der Waals surface area contributed by atoms with E-state index in [2.05, 4.69) is 0 Å². The van der Waals surface area contributed by atoms with Crippen LogP contribution in [0.4, 0.5) is 0 Å². The molecule has 17 heavy (non-hydrogen) atoms. The second-order valence-corrected chi connectivity index (χ2v) is 5.14. The minimum absolute atomic E-state index is 0.107. The molecule has 0 radical (unpaired) electrons. The molecule has 3 N–H and O–H groups in total. The summed E-state index contributed by atoms with van der Waals surface area (Å²) >= 11 is 0. The van der Waals surface area contributed by atoms with E-state index < -0.39 is 0 Å². The average molecular weight is 242 g/mol. The molecule has 2 saturated heterocycles. The van der Waals surface area contributed by atoms with Gasteiger partial charge in [0.15, 0.2) is 0 Å². The third-order valence-electron chi connectivity index (χ3n) is 3.72. The maximum atomic E-state index is 11.8. The summed E-state index contributed by atoms with van der Waals surface area (Å²) in [6.07, 6.45) is 3.36. The van der Waals surface area contributed by atoms with Crippen molar-refractivity contribution in [3.63, 3.8) is 0 Å². The van der Waals surface area contributed by atoms with Gasteiger partial charge in [0.25, 0.3) is 0 Å². The molecule has 2 heterocycles. The standard InChI is InChI=1S/C12H22N2O3/c13-5-2-11(16)14-6-1-4-12(9-14)8-10(15)3-7-17-12/h10,15H,1-9,13H2/t10-,12-/m1/s1. The van der Waals surface area contributed by atoms with E-state index in [-0.39, 0.29) is 17.6 Å². The first-order valence-corrected chi connectivity index (χ1v) is 6.45. The number of ether oxygens (including phenoxy) is 1. The molecular formula is C12H22N2O3. The Hall–Kier alpha value is -0.650. The zero-order valence-electron chi connectivity index (χ0n) is 10.2. The fraction of sp³-hybridized carbons (Fsp3) is 0.917. The maximum Gasteiger partial charge on any atom is 0.223 e. The number of rotatable bonds is 2. The summed E-state index contributed by atoms with van der Waals surface area (Å²) in [5.41, 5.74) is 5.10. The summed E-state index contributed by atoms with van der Waals surface area (Å²) in [4.78, 5) is 13.7. The van der Waals surface area contributed by atoms with Crippen LogP contribution >= 0.6 is 0 Å². The minimum atomic E-state index is -0.305. The Morgan fingerprint density at radius 3 is 3.12 bits per heavy atom. The van der Waals surface area contributed by atoms with Crippen LogP contribution in [-0.2, 0) is 9.53 Å². The largest absolute Gasteiger partial charge is 0.393 e. The molecule has 2 fully saturated rings. The molecule has 0 aromatic rings. The first-order valence-electron chi connectivity index (χ1n) is 6.45. The number of hydrogen-bond donors (Lipinski definition) is 2. The molecule has 2 aliphatic rings. The number of nitrogens with zero attached hydrogens (tertiary/aromatic N) is 1. The molecule has 0 aromatic carbocycles. The van der Waals surface area contributed by atoms with Crippen molar-refractivity contribution in [2.75, 3.05) is 26.2 Å². The number of aliphatic hydroxyl groups excluding tert-OH is 1. The second-order valence-electron chi connectivity index (χ2n) is 5.14. The Bertz CT molecular complexity index is 281. The van der Waals surface area contributed by atoms with Crippen LogP contribution in [0.25, 0.3) is 0 Å². The summed E-state index contributed by atoms with van der Waals surface area (Å²) in [7, 11) is 0. The number of likely N-dealkylation sites (tertiary alicyclic amines) is 1. The normalized spacial score (nSPS) is 34.0. The fourth-order valence-corrected chi connectivity index (χ4v) is 2.88. The van der Waals surface area contributed by atoms with E-state index in [4.69, 9.17) is 10.5 Å². The van der Waals surface area contributed by atoms with Crippen LogP contribution in [0.2, 0.25) is 0 Å². The van der Waals surface area contributed by atoms with Gasteiger partial charge in [0.1, 0.15) is 0 Å². The maximum absolute atomic E-state index is 11.8. The monoisotopic (exact) mass is 242 g/mol. The van der Waals surface area contributed by atoms with Gasteiger partial charge in [-0.25, -0.2) is 0 Å². The van der Waals surface area contributed by atoms with Gasteiger partial charge in [0.2, 0.25) is 5.91 Å². The van der Waals surface area contributed by atoms with Crippen molar-refractivity contribution in [1.29, 1.82) is 0 Å². The summed E-state index contributed by atoms with van der Waals surface area (Å²) in [5.74, 6) is 0.107. The molecule has 1 amide bonds. The summed E-state index contributed by atoms with van der Waals surface area (Å²) < 4.78 is 5.85. The summed E-state index contributed by atoms with van der Waals surface area (Å²) in [5, 5.41) is 9.75. The smallest absolute Gasteiger partial charge is 0.223 e. The molecule has 98 valence electrons. The Morgan fingerprint density at radius 2 is 2.41 bits per heavy atom. The molecule has 0 saturated carbocycles. The van der Waals surface area contributed by atoms with E-state index >= 15 is 0 Å². The Kier molecular flexibility index (Phi) is 4.01. The van der Waals surface area contributed by atoms with Gasteiger partial charge in [-0.1, -0.05) is 0 Å². The van der Waals surface area contributed by atoms with Crippen LogP contribution in [0.3, 0.4) is 0 Å². The van der Waals surface area contributed by atoms with Crippen molar-refractivity contribution in [2.45, 2.75) is 43.8 Å². The van der Waals surface area contributed by atoms with Crippen molar-refractivity contribution in [3.8, 4) is 0 Å². The third-order valence-corrected chi connectivity index (χ3v) is 3.72. The molecule has 2 aliphatic heterocycles. The molecule has 5 heteroatoms. The highest BCUT2D eigenvalue weighted by atomic mass is 16.5. The van der Waals surface area contributed by atoms with Gasteiger partial charge >= 0.3 is 0 Å². The van der Waals surface area contributed by atoms with Gasteiger partial charge in [-0.2, -0.15) is 0 Å². The molecule has 2 atom stereocenters. The van der Waals surface area contributed by atoms with E-state index in [1.165, 1.54) is 0 Å². The van der Waals surface area contributed by atoms with Crippen LogP contribution in [0.1, 0.15) is 32.1 Å². The Labute approximate surface area is 102 Å². The zero-order chi connectivity index (χ0) is 12.3. The van der Waals surface area contributed by atoms with E-state index in [1.807, 2.05) is 4.90 Å². The van der Waals surface area contributed by atoms with E-state index in [1.54, 1.807) is 0 Å². The highest BCUT2D eigenvalue weighted by Gasteiger charge is 2.41. The number of carbonyl (C=O) groups excluding carboxylic acids is 1. The first kappa shape index (κ1) is 12.8. The lowest BCUT2D eigenvalue weighted by atomic mass is 9.84. The number of piperidine rings is 1. The lowest BCUT2D eigenvalue weighted by molar-refractivity contribution is -0.160. The van der Waals surface area contributed by atoms with Gasteiger partial charge in [0.05, 0.1) is 11.7 Å². The SMILES string of the molecule is NCCC(=O)N1CCC[C@@]2(C[C@H](O)CCO2)C1. The van der Waals surface area contributed by atoms with Gasteiger partial charge in [-0.05, 0) is 19.3 Å². The van der Waals surface area contributed by atoms with Crippen molar-refractivity contribution in [1.82, 2.24) is 4.90 Å². The predicted octanol–water partition coefficient (Wildman–Crippen LogP) is -0.132. The van der Waals surface area contributed by atoms with Gasteiger partial charge < -0.3 is 20.5 Å². The van der Waals surface area contributed by atoms with Gasteiger partial charge in [-0.15, -0.1) is 0 Å². The van der Waals surface area contributed by atoms with Crippen molar-refractivity contribution >= 4 is 5.91 Å². The quantitative estimate of drug-likeness (QED) is 0.707. The predicted molar refractivity (Wildman–Crippen MR) is 63.4 cm³/mol. The van der Waals surface area contributed by atoms with Crippen molar-refractivity contribution < 1.29 is 14.6 Å². The van der Waals surface area contributed by atoms with E-state index in [9.17, 15) is 9.90 Å². The lowest BCUT2D eigenvalue weighted by Crippen LogP contribution is -2.55. The third kappa shape index (κ3) is 2.97. The van der Waals surface area contributed by atoms with Crippen LogP contribution in [0.5, 0.6) is 0 Å². The molecule has 0 aliphatic carbocycles. The van der Waals surface area contributed by atoms with E-state index in [0.717, 1.165) is 19.4 Å². The molecule has 1 spiro atoms. The summed E-state index contributed by atoms with van der Waals surface area (Å²) in [6.45, 7) is 2.40. The van der Waals surface area contributed by atoms with Crippen LogP contribution < -0.4 is 5.73 Å². The molecule has 2 rings (SSSR count). The zero-order valence-corrected chi connectivity index (χ0v) is 10.2. The second kappa shape index (κ2) is 5.33. The molecule has 0 unspecified atom stereocenters. The lowest BCUT2D eigenvalue weighted by Gasteiger charge is -2.46. The van der Waals surface area contributed by atoms with Crippen LogP contribution in [0, 0.1) is 0 Å². The Balaban J connectivity index is 1.98. The van der Waals surface area contributed by atoms with Crippen molar-refractivity contribution in [3.05, 3.63) is 0 Å². The molecular weight excluding hydrogens is 220 g/mol. The fourth-order valence-electron chi connectivity index (χ4n) is 2.88. The van der Waals surface area contributed by atoms with Crippen LogP contribution in [-0.4, -0.2) is 53.9 Å². The number of hydrogen-bond acceptors (Lipinski definition) is 4. The number of carbonyl (C=O) groups is 1. The van der Waals surface area contributed by atoms with Crippen molar-refractivity contribution in [2.24, 2.45) is 5.73 Å². The Morgan fingerprint density at radius 1 is 1.59 bits per heavy atom. The minimum Gasteiger partial charge on any atom is -0.393 e. The van der Waals surface area contributed by atoms with E-state index in [0.29, 0.717) is 39.0 Å². The topological polar surface area (TPSA) is 75.8 Å². The highest BCUT2D eigenvalue weighted by molar-refractivity contribution is 5.76. The highest BCUT2D eigenvalue weighted by Crippen LogP contribution is 2.33. The molecule has 0 aromatic heterocycles. The van der Waals surface area contributed by atoms with Gasteiger partial charge in [-0.3, -0.25) is 4.79 Å². The van der Waals surface area contributed by atoms with Gasteiger partial charge in [0, 0.05) is 39.1 Å². The first-order chi connectivity index (χ1) is 8.15.